The molecule has 1 aliphatic carbocycles. The Labute approximate surface area is 105 Å². The highest BCUT2D eigenvalue weighted by molar-refractivity contribution is 8.00. The smallest absolute Gasteiger partial charge is 0.232 e. The van der Waals surface area contributed by atoms with E-state index in [1.807, 2.05) is 0 Å². The molecule has 4 heteroatoms. The lowest BCUT2D eigenvalue weighted by molar-refractivity contribution is -0.119. The fourth-order valence-electron chi connectivity index (χ4n) is 2.15. The average molecular weight is 248 g/mol. The van der Waals surface area contributed by atoms with Crippen molar-refractivity contribution in [2.24, 2.45) is 11.7 Å². The lowest BCUT2D eigenvalue weighted by atomic mass is 10.1. The van der Waals surface area contributed by atoms with Crippen molar-refractivity contribution >= 4 is 23.4 Å². The molecule has 1 amide bonds. The molecule has 1 atom stereocenters. The third kappa shape index (κ3) is 1.76. The van der Waals surface area contributed by atoms with Crippen molar-refractivity contribution < 1.29 is 4.79 Å². The van der Waals surface area contributed by atoms with E-state index >= 15 is 0 Å². The second-order valence-corrected chi connectivity index (χ2v) is 6.05. The van der Waals surface area contributed by atoms with Crippen LogP contribution in [-0.2, 0) is 4.79 Å². The maximum Gasteiger partial charge on any atom is 0.232 e. The SMILES string of the molecule is Cc1cc2c(cc1C)N(C(=O)C1CC1)C(N)S2. The molecule has 3 nitrogen and oxygen atoms in total. The molecule has 17 heavy (non-hydrogen) atoms. The summed E-state index contributed by atoms with van der Waals surface area (Å²) in [4.78, 5) is 15.1. The zero-order valence-electron chi connectivity index (χ0n) is 10.1. The van der Waals surface area contributed by atoms with Crippen LogP contribution >= 0.6 is 11.8 Å². The van der Waals surface area contributed by atoms with Gasteiger partial charge in [0.1, 0.15) is 5.50 Å². The van der Waals surface area contributed by atoms with Gasteiger partial charge in [-0.05, 0) is 49.9 Å². The zero-order valence-corrected chi connectivity index (χ0v) is 10.9. The number of carbonyl (C=O) groups is 1. The molecule has 0 radical (unpaired) electrons. The summed E-state index contributed by atoms with van der Waals surface area (Å²) in [7, 11) is 0. The molecular formula is C13H16N2OS. The fraction of sp³-hybridized carbons (Fsp3) is 0.462. The van der Waals surface area contributed by atoms with Crippen LogP contribution < -0.4 is 10.6 Å². The molecule has 0 saturated heterocycles. The Balaban J connectivity index is 2.02. The van der Waals surface area contributed by atoms with Gasteiger partial charge in [0.15, 0.2) is 0 Å². The quantitative estimate of drug-likeness (QED) is 0.830. The van der Waals surface area contributed by atoms with Gasteiger partial charge in [-0.2, -0.15) is 0 Å². The number of rotatable bonds is 1. The number of fused-ring (bicyclic) bond motifs is 1. The monoisotopic (exact) mass is 248 g/mol. The minimum absolute atomic E-state index is 0.201. The molecule has 1 aromatic carbocycles. The molecular weight excluding hydrogens is 232 g/mol. The van der Waals surface area contributed by atoms with Crippen LogP contribution in [-0.4, -0.2) is 11.4 Å². The van der Waals surface area contributed by atoms with Crippen LogP contribution in [0.1, 0.15) is 24.0 Å². The fourth-order valence-corrected chi connectivity index (χ4v) is 3.25. The third-order valence-electron chi connectivity index (χ3n) is 3.50. The van der Waals surface area contributed by atoms with Crippen LogP contribution in [0.4, 0.5) is 5.69 Å². The van der Waals surface area contributed by atoms with E-state index in [9.17, 15) is 4.79 Å². The van der Waals surface area contributed by atoms with Gasteiger partial charge in [-0.25, -0.2) is 0 Å². The van der Waals surface area contributed by atoms with E-state index in [2.05, 4.69) is 26.0 Å². The summed E-state index contributed by atoms with van der Waals surface area (Å²) in [5, 5.41) is 0. The standard InChI is InChI=1S/C13H16N2OS/c1-7-5-10-11(6-8(7)2)17-13(14)15(10)12(16)9-3-4-9/h5-6,9,13H,3-4,14H2,1-2H3. The normalized spacial score (nSPS) is 22.8. The Morgan fingerprint density at radius 1 is 1.35 bits per heavy atom. The summed E-state index contributed by atoms with van der Waals surface area (Å²) < 4.78 is 0. The minimum atomic E-state index is -0.251. The van der Waals surface area contributed by atoms with Gasteiger partial charge < -0.3 is 5.73 Å². The highest BCUT2D eigenvalue weighted by Crippen LogP contribution is 2.45. The largest absolute Gasteiger partial charge is 0.302 e. The summed E-state index contributed by atoms with van der Waals surface area (Å²) in [6.45, 7) is 4.16. The van der Waals surface area contributed by atoms with Crippen LogP contribution in [0, 0.1) is 19.8 Å². The van der Waals surface area contributed by atoms with Gasteiger partial charge in [-0.3, -0.25) is 9.69 Å². The average Bonchev–Trinajstić information content (AvgIpc) is 3.04. The van der Waals surface area contributed by atoms with Gasteiger partial charge >= 0.3 is 0 Å². The summed E-state index contributed by atoms with van der Waals surface area (Å²) in [5.74, 6) is 0.418. The molecule has 90 valence electrons. The number of nitrogens with two attached hydrogens (primary N) is 1. The number of thioether (sulfide) groups is 1. The van der Waals surface area contributed by atoms with Gasteiger partial charge in [0.2, 0.25) is 5.91 Å². The number of benzene rings is 1. The highest BCUT2D eigenvalue weighted by Gasteiger charge is 2.40. The molecule has 3 rings (SSSR count). The number of hydrogen-bond acceptors (Lipinski definition) is 3. The number of amides is 1. The third-order valence-corrected chi connectivity index (χ3v) is 4.53. The minimum Gasteiger partial charge on any atom is -0.302 e. The van der Waals surface area contributed by atoms with Crippen molar-refractivity contribution in [3.8, 4) is 0 Å². The lowest BCUT2D eigenvalue weighted by Gasteiger charge is -2.21. The number of nitrogens with zero attached hydrogens (tertiary/aromatic N) is 1. The molecule has 0 bridgehead atoms. The molecule has 1 heterocycles. The predicted octanol–water partition coefficient (Wildman–Crippen LogP) is 2.39. The number of carbonyl (C=O) groups excluding carboxylic acids is 1. The maximum atomic E-state index is 12.2. The molecule has 1 aromatic rings. The van der Waals surface area contributed by atoms with E-state index in [1.165, 1.54) is 11.1 Å². The number of anilines is 1. The first-order chi connectivity index (χ1) is 8.08. The van der Waals surface area contributed by atoms with Crippen LogP contribution in [0.2, 0.25) is 0 Å². The lowest BCUT2D eigenvalue weighted by Crippen LogP contribution is -2.42. The van der Waals surface area contributed by atoms with Crippen molar-refractivity contribution in [1.29, 1.82) is 0 Å². The Morgan fingerprint density at radius 3 is 2.65 bits per heavy atom. The van der Waals surface area contributed by atoms with Gasteiger partial charge in [0.05, 0.1) is 5.69 Å². The van der Waals surface area contributed by atoms with E-state index in [-0.39, 0.29) is 17.3 Å². The van der Waals surface area contributed by atoms with E-state index in [1.54, 1.807) is 16.7 Å². The molecule has 2 aliphatic rings. The molecule has 0 aromatic heterocycles. The van der Waals surface area contributed by atoms with Crippen LogP contribution in [0.3, 0.4) is 0 Å². The van der Waals surface area contributed by atoms with E-state index in [0.717, 1.165) is 23.4 Å². The van der Waals surface area contributed by atoms with E-state index in [0.29, 0.717) is 0 Å². The first-order valence-corrected chi connectivity index (χ1v) is 6.82. The van der Waals surface area contributed by atoms with Crippen molar-refractivity contribution in [2.75, 3.05) is 4.90 Å². The summed E-state index contributed by atoms with van der Waals surface area (Å²) >= 11 is 1.58. The van der Waals surface area contributed by atoms with Gasteiger partial charge in [0.25, 0.3) is 0 Å². The van der Waals surface area contributed by atoms with Crippen LogP contribution in [0.25, 0.3) is 0 Å². The molecule has 2 N–H and O–H groups in total. The van der Waals surface area contributed by atoms with Gasteiger partial charge in [-0.15, -0.1) is 0 Å². The maximum absolute atomic E-state index is 12.2. The summed E-state index contributed by atoms with van der Waals surface area (Å²) in [6.07, 6.45) is 2.04. The molecule has 0 spiro atoms. The predicted molar refractivity (Wildman–Crippen MR) is 70.0 cm³/mol. The van der Waals surface area contributed by atoms with Crippen LogP contribution in [0.5, 0.6) is 0 Å². The second kappa shape index (κ2) is 3.75. The Hall–Kier alpha value is -1.000. The zero-order chi connectivity index (χ0) is 12.2. The van der Waals surface area contributed by atoms with E-state index < -0.39 is 0 Å². The van der Waals surface area contributed by atoms with Crippen molar-refractivity contribution in [3.63, 3.8) is 0 Å². The molecule has 1 aliphatic heterocycles. The number of aryl methyl sites for hydroxylation is 2. The van der Waals surface area contributed by atoms with Gasteiger partial charge in [-0.1, -0.05) is 11.8 Å². The Bertz CT molecular complexity index is 496. The molecule has 1 unspecified atom stereocenters. The van der Waals surface area contributed by atoms with Crippen molar-refractivity contribution in [3.05, 3.63) is 23.3 Å². The highest BCUT2D eigenvalue weighted by atomic mass is 32.2. The number of hydrogen-bond donors (Lipinski definition) is 1. The first-order valence-electron chi connectivity index (χ1n) is 5.94. The molecule has 1 saturated carbocycles. The van der Waals surface area contributed by atoms with Gasteiger partial charge in [0, 0.05) is 10.8 Å². The van der Waals surface area contributed by atoms with Crippen LogP contribution in [0.15, 0.2) is 17.0 Å². The summed E-state index contributed by atoms with van der Waals surface area (Å²) in [5.41, 5.74) is 9.28. The molecule has 1 fully saturated rings. The first kappa shape index (κ1) is 11.1. The van der Waals surface area contributed by atoms with E-state index in [4.69, 9.17) is 5.73 Å². The van der Waals surface area contributed by atoms with Crippen molar-refractivity contribution in [1.82, 2.24) is 0 Å². The topological polar surface area (TPSA) is 46.3 Å². The van der Waals surface area contributed by atoms with Crippen molar-refractivity contribution in [2.45, 2.75) is 37.1 Å². The second-order valence-electron chi connectivity index (χ2n) is 4.90. The Kier molecular flexibility index (Phi) is 2.45. The Morgan fingerprint density at radius 2 is 2.00 bits per heavy atom. The summed E-state index contributed by atoms with van der Waals surface area (Å²) in [6, 6.07) is 4.22.